The molecule has 3 rings (SSSR count). The van der Waals surface area contributed by atoms with Crippen molar-refractivity contribution in [2.24, 2.45) is 0 Å². The Morgan fingerprint density at radius 3 is 2.90 bits per heavy atom. The third kappa shape index (κ3) is 2.03. The molecule has 1 atom stereocenters. The lowest BCUT2D eigenvalue weighted by Gasteiger charge is -2.14. The molecule has 0 saturated heterocycles. The lowest BCUT2D eigenvalue weighted by molar-refractivity contribution is 0.456. The van der Waals surface area contributed by atoms with Crippen LogP contribution >= 0.6 is 0 Å². The molecule has 3 aromatic rings. The zero-order valence-electron chi connectivity index (χ0n) is 10.8. The van der Waals surface area contributed by atoms with Crippen molar-refractivity contribution in [3.63, 3.8) is 0 Å². The Hall–Kier alpha value is -2.37. The van der Waals surface area contributed by atoms with E-state index >= 15 is 0 Å². The fraction of sp³-hybridized carbons (Fsp3) is 0.214. The van der Waals surface area contributed by atoms with E-state index in [0.29, 0.717) is 11.9 Å². The van der Waals surface area contributed by atoms with Gasteiger partial charge in [0, 0.05) is 24.6 Å². The fourth-order valence-electron chi connectivity index (χ4n) is 2.41. The number of anilines is 1. The van der Waals surface area contributed by atoms with Gasteiger partial charge in [-0.05, 0) is 19.1 Å². The van der Waals surface area contributed by atoms with E-state index in [1.54, 1.807) is 16.9 Å². The van der Waals surface area contributed by atoms with Crippen molar-refractivity contribution in [2.75, 3.05) is 5.73 Å². The monoisotopic (exact) mass is 277 g/mol. The molecule has 1 aromatic carbocycles. The fourth-order valence-corrected chi connectivity index (χ4v) is 2.41. The minimum absolute atomic E-state index is 0.0789. The van der Waals surface area contributed by atoms with Gasteiger partial charge in [0.1, 0.15) is 17.1 Å². The van der Waals surface area contributed by atoms with Gasteiger partial charge < -0.3 is 14.7 Å². The number of benzene rings is 1. The van der Waals surface area contributed by atoms with Crippen LogP contribution in [0.15, 0.2) is 34.9 Å². The van der Waals surface area contributed by atoms with Crippen LogP contribution < -0.4 is 5.73 Å². The van der Waals surface area contributed by atoms with Gasteiger partial charge in [-0.15, -0.1) is 0 Å². The second-order valence-corrected chi connectivity index (χ2v) is 4.73. The minimum Gasteiger partial charge on any atom is -0.469 e. The van der Waals surface area contributed by atoms with Crippen LogP contribution in [0.5, 0.6) is 0 Å². The number of aromatic nitrogens is 2. The molecule has 2 heterocycles. The molecule has 0 spiro atoms. The highest BCUT2D eigenvalue weighted by Crippen LogP contribution is 2.27. The van der Waals surface area contributed by atoms with Gasteiger partial charge in [0.05, 0.1) is 11.8 Å². The number of rotatable bonds is 3. The molecule has 0 fully saturated rings. The molecule has 1 unspecified atom stereocenters. The van der Waals surface area contributed by atoms with Crippen molar-refractivity contribution in [2.45, 2.75) is 19.4 Å². The van der Waals surface area contributed by atoms with E-state index in [4.69, 9.17) is 10.2 Å². The summed E-state index contributed by atoms with van der Waals surface area (Å²) in [4.78, 5) is 3.97. The average molecular weight is 277 g/mol. The zero-order chi connectivity index (χ0) is 14.3. The summed E-state index contributed by atoms with van der Waals surface area (Å²) in [5, 5.41) is 0. The van der Waals surface area contributed by atoms with Gasteiger partial charge in [-0.3, -0.25) is 0 Å². The molecule has 0 saturated carbocycles. The van der Waals surface area contributed by atoms with Crippen LogP contribution in [-0.4, -0.2) is 9.55 Å². The second kappa shape index (κ2) is 4.63. The van der Waals surface area contributed by atoms with E-state index in [9.17, 15) is 8.78 Å². The number of hydrogen-bond donors (Lipinski definition) is 1. The van der Waals surface area contributed by atoms with E-state index in [1.807, 2.05) is 13.0 Å². The molecule has 0 radical (unpaired) electrons. The molecule has 2 aromatic heterocycles. The Labute approximate surface area is 113 Å². The molecular weight excluding hydrogens is 264 g/mol. The van der Waals surface area contributed by atoms with Crippen LogP contribution in [0.3, 0.4) is 0 Å². The Balaban J connectivity index is 2.08. The predicted octanol–water partition coefficient (Wildman–Crippen LogP) is 3.29. The largest absolute Gasteiger partial charge is 0.469 e. The summed E-state index contributed by atoms with van der Waals surface area (Å²) in [5.41, 5.74) is 6.26. The van der Waals surface area contributed by atoms with Crippen LogP contribution in [0.2, 0.25) is 0 Å². The second-order valence-electron chi connectivity index (χ2n) is 4.73. The molecule has 104 valence electrons. The Morgan fingerprint density at radius 2 is 2.20 bits per heavy atom. The third-order valence-electron chi connectivity index (χ3n) is 3.26. The summed E-state index contributed by atoms with van der Waals surface area (Å²) in [6, 6.07) is 5.54. The lowest BCUT2D eigenvalue weighted by atomic mass is 10.2. The van der Waals surface area contributed by atoms with Crippen molar-refractivity contribution < 1.29 is 13.2 Å². The third-order valence-corrected chi connectivity index (χ3v) is 3.26. The van der Waals surface area contributed by atoms with Gasteiger partial charge in [0.25, 0.3) is 0 Å². The van der Waals surface area contributed by atoms with Crippen molar-refractivity contribution in [3.05, 3.63) is 47.9 Å². The summed E-state index contributed by atoms with van der Waals surface area (Å²) in [5.74, 6) is -0.434. The summed E-state index contributed by atoms with van der Waals surface area (Å²) in [6.45, 7) is 1.89. The van der Waals surface area contributed by atoms with E-state index in [1.165, 1.54) is 6.07 Å². The quantitative estimate of drug-likeness (QED) is 0.799. The highest BCUT2D eigenvalue weighted by Gasteiger charge is 2.18. The Bertz CT molecular complexity index is 749. The van der Waals surface area contributed by atoms with Crippen LogP contribution in [0.25, 0.3) is 11.0 Å². The van der Waals surface area contributed by atoms with Gasteiger partial charge in [-0.1, -0.05) is 0 Å². The SMILES string of the molecule is CC(Cc1ccco1)n1c(N)nc2c(F)cc(F)cc21. The first-order valence-corrected chi connectivity index (χ1v) is 6.21. The van der Waals surface area contributed by atoms with Gasteiger partial charge >= 0.3 is 0 Å². The maximum absolute atomic E-state index is 13.7. The summed E-state index contributed by atoms with van der Waals surface area (Å²) >= 11 is 0. The molecule has 0 aliphatic heterocycles. The Kier molecular flexibility index (Phi) is 2.93. The van der Waals surface area contributed by atoms with Crippen LogP contribution in [0.1, 0.15) is 18.7 Å². The molecule has 6 heteroatoms. The number of imidazole rings is 1. The van der Waals surface area contributed by atoms with E-state index in [2.05, 4.69) is 4.98 Å². The topological polar surface area (TPSA) is 57.0 Å². The molecule has 0 aliphatic carbocycles. The summed E-state index contributed by atoms with van der Waals surface area (Å²) in [7, 11) is 0. The normalized spacial score (nSPS) is 12.9. The summed E-state index contributed by atoms with van der Waals surface area (Å²) in [6.07, 6.45) is 2.14. The van der Waals surface area contributed by atoms with Crippen LogP contribution in [0.4, 0.5) is 14.7 Å². The van der Waals surface area contributed by atoms with E-state index in [0.717, 1.165) is 11.8 Å². The number of nitrogens with zero attached hydrogens (tertiary/aromatic N) is 2. The van der Waals surface area contributed by atoms with Crippen molar-refractivity contribution >= 4 is 17.0 Å². The number of furan rings is 1. The standard InChI is InChI=1S/C14H13F2N3O/c1-8(5-10-3-2-4-20-10)19-12-7-9(15)6-11(16)13(12)18-14(19)17/h2-4,6-8H,5H2,1H3,(H2,17,18). The first-order chi connectivity index (χ1) is 9.56. The predicted molar refractivity (Wildman–Crippen MR) is 71.2 cm³/mol. The maximum atomic E-state index is 13.7. The lowest BCUT2D eigenvalue weighted by Crippen LogP contribution is -2.11. The van der Waals surface area contributed by atoms with Gasteiger partial charge in [0.15, 0.2) is 5.82 Å². The highest BCUT2D eigenvalue weighted by molar-refractivity contribution is 5.79. The highest BCUT2D eigenvalue weighted by atomic mass is 19.1. The molecule has 20 heavy (non-hydrogen) atoms. The molecular formula is C14H13F2N3O. The number of nitrogens with two attached hydrogens (primary N) is 1. The van der Waals surface area contributed by atoms with Gasteiger partial charge in [0.2, 0.25) is 5.95 Å². The maximum Gasteiger partial charge on any atom is 0.201 e. The zero-order valence-corrected chi connectivity index (χ0v) is 10.8. The van der Waals surface area contributed by atoms with Crippen molar-refractivity contribution in [1.82, 2.24) is 9.55 Å². The van der Waals surface area contributed by atoms with Gasteiger partial charge in [-0.25, -0.2) is 13.8 Å². The van der Waals surface area contributed by atoms with E-state index < -0.39 is 11.6 Å². The minimum atomic E-state index is -0.712. The Morgan fingerprint density at radius 1 is 1.40 bits per heavy atom. The first kappa shape index (κ1) is 12.7. The van der Waals surface area contributed by atoms with Gasteiger partial charge in [-0.2, -0.15) is 0 Å². The van der Waals surface area contributed by atoms with E-state index in [-0.39, 0.29) is 17.5 Å². The first-order valence-electron chi connectivity index (χ1n) is 6.21. The molecule has 2 N–H and O–H groups in total. The molecule has 0 amide bonds. The average Bonchev–Trinajstić information content (AvgIpc) is 2.96. The molecule has 0 aliphatic rings. The van der Waals surface area contributed by atoms with Crippen LogP contribution in [0, 0.1) is 11.6 Å². The van der Waals surface area contributed by atoms with Crippen LogP contribution in [-0.2, 0) is 6.42 Å². The number of halogens is 2. The number of nitrogen functional groups attached to an aromatic ring is 1. The molecule has 4 nitrogen and oxygen atoms in total. The number of hydrogen-bond acceptors (Lipinski definition) is 3. The molecule has 0 bridgehead atoms. The number of fused-ring (bicyclic) bond motifs is 1. The van der Waals surface area contributed by atoms with Crippen molar-refractivity contribution in [1.29, 1.82) is 0 Å². The smallest absolute Gasteiger partial charge is 0.201 e. The van der Waals surface area contributed by atoms with Crippen molar-refractivity contribution in [3.8, 4) is 0 Å². The summed E-state index contributed by atoms with van der Waals surface area (Å²) < 4.78 is 34.0.